The summed E-state index contributed by atoms with van der Waals surface area (Å²) >= 11 is 0. The molecule has 0 heterocycles. The van der Waals surface area contributed by atoms with Crippen LogP contribution in [0.2, 0.25) is 0 Å². The standard InChI is InChI=1S/C12H20N2/c1-5-14(4)12-7-6-10(2)8-11(12)9-13-3/h6-8,13H,5,9H2,1-4H3. The molecule has 0 bridgehead atoms. The third kappa shape index (κ3) is 2.48. The minimum absolute atomic E-state index is 0.932. The molecule has 0 fully saturated rings. The molecule has 0 aliphatic carbocycles. The van der Waals surface area contributed by atoms with E-state index in [-0.39, 0.29) is 0 Å². The zero-order valence-corrected chi connectivity index (χ0v) is 9.59. The molecule has 1 aromatic carbocycles. The van der Waals surface area contributed by atoms with Gasteiger partial charge in [0, 0.05) is 25.8 Å². The Morgan fingerprint density at radius 2 is 2.07 bits per heavy atom. The van der Waals surface area contributed by atoms with Gasteiger partial charge in [-0.15, -0.1) is 0 Å². The van der Waals surface area contributed by atoms with Crippen LogP contribution in [0.1, 0.15) is 18.1 Å². The van der Waals surface area contributed by atoms with Gasteiger partial charge < -0.3 is 10.2 Å². The van der Waals surface area contributed by atoms with E-state index >= 15 is 0 Å². The zero-order valence-electron chi connectivity index (χ0n) is 9.59. The number of anilines is 1. The van der Waals surface area contributed by atoms with Gasteiger partial charge in [-0.05, 0) is 32.5 Å². The van der Waals surface area contributed by atoms with Gasteiger partial charge in [0.1, 0.15) is 0 Å². The van der Waals surface area contributed by atoms with Gasteiger partial charge in [0.15, 0.2) is 0 Å². The molecule has 0 atom stereocenters. The molecule has 1 rings (SSSR count). The summed E-state index contributed by atoms with van der Waals surface area (Å²) < 4.78 is 0. The topological polar surface area (TPSA) is 15.3 Å². The molecule has 0 radical (unpaired) electrons. The lowest BCUT2D eigenvalue weighted by Crippen LogP contribution is -2.19. The van der Waals surface area contributed by atoms with E-state index in [4.69, 9.17) is 0 Å². The summed E-state index contributed by atoms with van der Waals surface area (Å²) in [5, 5.41) is 3.20. The van der Waals surface area contributed by atoms with Gasteiger partial charge in [-0.2, -0.15) is 0 Å². The van der Waals surface area contributed by atoms with Crippen molar-refractivity contribution in [3.05, 3.63) is 29.3 Å². The summed E-state index contributed by atoms with van der Waals surface area (Å²) in [6.07, 6.45) is 0. The van der Waals surface area contributed by atoms with E-state index in [1.54, 1.807) is 0 Å². The highest BCUT2D eigenvalue weighted by Gasteiger charge is 2.04. The molecule has 2 nitrogen and oxygen atoms in total. The first-order chi connectivity index (χ1) is 6.69. The van der Waals surface area contributed by atoms with E-state index in [0.29, 0.717) is 0 Å². The Hall–Kier alpha value is -1.02. The molecule has 2 heteroatoms. The van der Waals surface area contributed by atoms with Crippen LogP contribution in [0, 0.1) is 6.92 Å². The van der Waals surface area contributed by atoms with E-state index in [0.717, 1.165) is 13.1 Å². The van der Waals surface area contributed by atoms with Crippen LogP contribution in [0.4, 0.5) is 5.69 Å². The van der Waals surface area contributed by atoms with E-state index < -0.39 is 0 Å². The Balaban J connectivity index is 3.01. The SMILES string of the molecule is CCN(C)c1ccc(C)cc1CNC. The summed E-state index contributed by atoms with van der Waals surface area (Å²) in [4.78, 5) is 2.27. The lowest BCUT2D eigenvalue weighted by Gasteiger charge is -2.21. The van der Waals surface area contributed by atoms with Crippen LogP contribution in [0.25, 0.3) is 0 Å². The van der Waals surface area contributed by atoms with Crippen molar-refractivity contribution in [3.63, 3.8) is 0 Å². The molecule has 14 heavy (non-hydrogen) atoms. The van der Waals surface area contributed by atoms with E-state index in [1.807, 2.05) is 7.05 Å². The fraction of sp³-hybridized carbons (Fsp3) is 0.500. The highest BCUT2D eigenvalue weighted by atomic mass is 15.1. The van der Waals surface area contributed by atoms with Crippen LogP contribution in [0.15, 0.2) is 18.2 Å². The highest BCUT2D eigenvalue weighted by molar-refractivity contribution is 5.54. The van der Waals surface area contributed by atoms with Crippen molar-refractivity contribution < 1.29 is 0 Å². The zero-order chi connectivity index (χ0) is 10.6. The molecule has 0 aliphatic rings. The summed E-state index contributed by atoms with van der Waals surface area (Å²) in [5.74, 6) is 0. The van der Waals surface area contributed by atoms with Crippen molar-refractivity contribution in [3.8, 4) is 0 Å². The van der Waals surface area contributed by atoms with Crippen LogP contribution in [0.5, 0.6) is 0 Å². The molecule has 78 valence electrons. The largest absolute Gasteiger partial charge is 0.375 e. The predicted molar refractivity (Wildman–Crippen MR) is 62.9 cm³/mol. The maximum atomic E-state index is 3.20. The fourth-order valence-corrected chi connectivity index (χ4v) is 1.59. The van der Waals surface area contributed by atoms with Gasteiger partial charge in [0.25, 0.3) is 0 Å². The van der Waals surface area contributed by atoms with E-state index in [1.165, 1.54) is 16.8 Å². The van der Waals surface area contributed by atoms with Gasteiger partial charge in [-0.3, -0.25) is 0 Å². The Labute approximate surface area is 86.9 Å². The van der Waals surface area contributed by atoms with Crippen molar-refractivity contribution >= 4 is 5.69 Å². The highest BCUT2D eigenvalue weighted by Crippen LogP contribution is 2.20. The normalized spacial score (nSPS) is 10.3. The average Bonchev–Trinajstić information content (AvgIpc) is 2.17. The number of hydrogen-bond acceptors (Lipinski definition) is 2. The molecule has 1 N–H and O–H groups in total. The number of benzene rings is 1. The Morgan fingerprint density at radius 3 is 2.64 bits per heavy atom. The van der Waals surface area contributed by atoms with E-state index in [2.05, 4.69) is 49.3 Å². The number of hydrogen-bond donors (Lipinski definition) is 1. The second kappa shape index (κ2) is 5.01. The number of rotatable bonds is 4. The quantitative estimate of drug-likeness (QED) is 0.786. The first-order valence-corrected chi connectivity index (χ1v) is 5.14. The van der Waals surface area contributed by atoms with Gasteiger partial charge in [0.2, 0.25) is 0 Å². The molecule has 0 amide bonds. The molecular formula is C12H20N2. The van der Waals surface area contributed by atoms with Crippen molar-refractivity contribution in [1.29, 1.82) is 0 Å². The van der Waals surface area contributed by atoms with Gasteiger partial charge in [-0.1, -0.05) is 17.7 Å². The van der Waals surface area contributed by atoms with Gasteiger partial charge in [-0.25, -0.2) is 0 Å². The van der Waals surface area contributed by atoms with Crippen molar-refractivity contribution in [2.75, 3.05) is 25.5 Å². The molecule has 0 aliphatic heterocycles. The van der Waals surface area contributed by atoms with Crippen LogP contribution in [-0.4, -0.2) is 20.6 Å². The number of nitrogens with one attached hydrogen (secondary N) is 1. The monoisotopic (exact) mass is 192 g/mol. The number of aryl methyl sites for hydroxylation is 1. The molecule has 0 saturated heterocycles. The maximum Gasteiger partial charge on any atom is 0.0409 e. The van der Waals surface area contributed by atoms with Crippen LogP contribution in [0.3, 0.4) is 0 Å². The fourth-order valence-electron chi connectivity index (χ4n) is 1.59. The van der Waals surface area contributed by atoms with Crippen molar-refractivity contribution in [2.24, 2.45) is 0 Å². The minimum Gasteiger partial charge on any atom is -0.375 e. The Bertz CT molecular complexity index is 294. The van der Waals surface area contributed by atoms with Crippen LogP contribution < -0.4 is 10.2 Å². The average molecular weight is 192 g/mol. The van der Waals surface area contributed by atoms with Crippen molar-refractivity contribution in [1.82, 2.24) is 5.32 Å². The van der Waals surface area contributed by atoms with Crippen molar-refractivity contribution in [2.45, 2.75) is 20.4 Å². The number of nitrogens with zero attached hydrogens (tertiary/aromatic N) is 1. The molecular weight excluding hydrogens is 172 g/mol. The van der Waals surface area contributed by atoms with Crippen LogP contribution >= 0.6 is 0 Å². The summed E-state index contributed by atoms with van der Waals surface area (Å²) in [7, 11) is 4.11. The lowest BCUT2D eigenvalue weighted by molar-refractivity contribution is 0.808. The molecule has 0 saturated carbocycles. The van der Waals surface area contributed by atoms with Crippen LogP contribution in [-0.2, 0) is 6.54 Å². The molecule has 0 unspecified atom stereocenters. The predicted octanol–water partition coefficient (Wildman–Crippen LogP) is 2.17. The van der Waals surface area contributed by atoms with Gasteiger partial charge >= 0.3 is 0 Å². The Kier molecular flexibility index (Phi) is 3.96. The lowest BCUT2D eigenvalue weighted by atomic mass is 10.1. The smallest absolute Gasteiger partial charge is 0.0409 e. The first kappa shape index (κ1) is 11.1. The van der Waals surface area contributed by atoms with Gasteiger partial charge in [0.05, 0.1) is 0 Å². The Morgan fingerprint density at radius 1 is 1.36 bits per heavy atom. The first-order valence-electron chi connectivity index (χ1n) is 5.14. The summed E-state index contributed by atoms with van der Waals surface area (Å²) in [5.41, 5.74) is 4.02. The third-order valence-electron chi connectivity index (χ3n) is 2.49. The third-order valence-corrected chi connectivity index (χ3v) is 2.49. The molecule has 0 aromatic heterocycles. The molecule has 0 spiro atoms. The minimum atomic E-state index is 0.932. The summed E-state index contributed by atoms with van der Waals surface area (Å²) in [6.45, 7) is 6.28. The second-order valence-corrected chi connectivity index (χ2v) is 3.68. The molecule has 1 aromatic rings. The second-order valence-electron chi connectivity index (χ2n) is 3.68. The maximum absolute atomic E-state index is 3.20. The summed E-state index contributed by atoms with van der Waals surface area (Å²) in [6, 6.07) is 6.62. The van der Waals surface area contributed by atoms with E-state index in [9.17, 15) is 0 Å².